The van der Waals surface area contributed by atoms with Crippen LogP contribution in [0.5, 0.6) is 11.5 Å². The van der Waals surface area contributed by atoms with Crippen molar-refractivity contribution in [2.24, 2.45) is 0 Å². The van der Waals surface area contributed by atoms with Gasteiger partial charge in [0.2, 0.25) is 0 Å². The van der Waals surface area contributed by atoms with Crippen LogP contribution in [0.3, 0.4) is 0 Å². The Balaban J connectivity index is 2.34. The number of methoxy groups -OCH3 is 2. The summed E-state index contributed by atoms with van der Waals surface area (Å²) in [5.74, 6) is 2.32. The second-order valence-electron chi connectivity index (χ2n) is 5.53. The van der Waals surface area contributed by atoms with Crippen molar-refractivity contribution in [3.63, 3.8) is 0 Å². The van der Waals surface area contributed by atoms with E-state index in [0.717, 1.165) is 24.5 Å². The first kappa shape index (κ1) is 14.2. The average Bonchev–Trinajstić information content (AvgIpc) is 2.90. The first-order chi connectivity index (χ1) is 9.17. The zero-order valence-corrected chi connectivity index (χ0v) is 12.5. The molecule has 1 aromatic carbocycles. The van der Waals surface area contributed by atoms with Gasteiger partial charge in [-0.3, -0.25) is 0 Å². The Morgan fingerprint density at radius 3 is 2.58 bits per heavy atom. The van der Waals surface area contributed by atoms with Crippen molar-refractivity contribution < 1.29 is 9.47 Å². The number of hydrogen-bond donors (Lipinski definition) is 1. The lowest BCUT2D eigenvalue weighted by molar-refractivity contribution is 0.377. The summed E-state index contributed by atoms with van der Waals surface area (Å²) in [6.07, 6.45) is 3.57. The monoisotopic (exact) mass is 263 g/mol. The number of rotatable bonds is 5. The molecule has 19 heavy (non-hydrogen) atoms. The topological polar surface area (TPSA) is 30.5 Å². The zero-order valence-electron chi connectivity index (χ0n) is 12.5. The van der Waals surface area contributed by atoms with Gasteiger partial charge in [0.25, 0.3) is 0 Å². The molecule has 1 atom stereocenters. The third kappa shape index (κ3) is 3.03. The SMILES string of the molecule is COc1ccc(CC2CCCN2)c(OC)c1C(C)C. The van der Waals surface area contributed by atoms with Crippen molar-refractivity contribution >= 4 is 0 Å². The highest BCUT2D eigenvalue weighted by atomic mass is 16.5. The molecular weight excluding hydrogens is 238 g/mol. The van der Waals surface area contributed by atoms with Gasteiger partial charge in [0.05, 0.1) is 14.2 Å². The maximum Gasteiger partial charge on any atom is 0.129 e. The van der Waals surface area contributed by atoms with Gasteiger partial charge < -0.3 is 14.8 Å². The molecule has 0 radical (unpaired) electrons. The van der Waals surface area contributed by atoms with E-state index in [-0.39, 0.29) is 0 Å². The summed E-state index contributed by atoms with van der Waals surface area (Å²) in [6, 6.07) is 4.80. The molecule has 0 amide bonds. The summed E-state index contributed by atoms with van der Waals surface area (Å²) < 4.78 is 11.2. The minimum absolute atomic E-state index is 0.390. The molecule has 1 aliphatic rings. The van der Waals surface area contributed by atoms with Gasteiger partial charge in [0.15, 0.2) is 0 Å². The van der Waals surface area contributed by atoms with E-state index in [9.17, 15) is 0 Å². The van der Waals surface area contributed by atoms with Crippen molar-refractivity contribution in [2.45, 2.75) is 45.1 Å². The van der Waals surface area contributed by atoms with Gasteiger partial charge in [0, 0.05) is 11.6 Å². The van der Waals surface area contributed by atoms with E-state index >= 15 is 0 Å². The van der Waals surface area contributed by atoms with Gasteiger partial charge in [-0.05, 0) is 43.4 Å². The van der Waals surface area contributed by atoms with Crippen molar-refractivity contribution in [3.05, 3.63) is 23.3 Å². The fraction of sp³-hybridized carbons (Fsp3) is 0.625. The van der Waals surface area contributed by atoms with Crippen molar-refractivity contribution in [1.82, 2.24) is 5.32 Å². The lowest BCUT2D eigenvalue weighted by Crippen LogP contribution is -2.24. The molecule has 3 heteroatoms. The van der Waals surface area contributed by atoms with Crippen molar-refractivity contribution in [2.75, 3.05) is 20.8 Å². The summed E-state index contributed by atoms with van der Waals surface area (Å²) in [6.45, 7) is 5.50. The van der Waals surface area contributed by atoms with E-state index in [1.54, 1.807) is 14.2 Å². The Morgan fingerprint density at radius 1 is 1.26 bits per heavy atom. The second kappa shape index (κ2) is 6.29. The molecular formula is C16H25NO2. The third-order valence-electron chi connectivity index (χ3n) is 3.87. The molecule has 1 aromatic rings. The van der Waals surface area contributed by atoms with Crippen LogP contribution in [-0.2, 0) is 6.42 Å². The second-order valence-corrected chi connectivity index (χ2v) is 5.53. The Hall–Kier alpha value is -1.22. The van der Waals surface area contributed by atoms with Gasteiger partial charge in [-0.1, -0.05) is 19.9 Å². The maximum atomic E-state index is 5.68. The highest BCUT2D eigenvalue weighted by Gasteiger charge is 2.21. The van der Waals surface area contributed by atoms with Gasteiger partial charge in [0.1, 0.15) is 11.5 Å². The molecule has 0 spiro atoms. The Morgan fingerprint density at radius 2 is 2.05 bits per heavy atom. The van der Waals surface area contributed by atoms with E-state index in [1.165, 1.54) is 24.0 Å². The lowest BCUT2D eigenvalue weighted by Gasteiger charge is -2.21. The molecule has 1 unspecified atom stereocenters. The summed E-state index contributed by atoms with van der Waals surface area (Å²) in [5.41, 5.74) is 2.46. The highest BCUT2D eigenvalue weighted by molar-refractivity contribution is 5.52. The predicted molar refractivity (Wildman–Crippen MR) is 78.4 cm³/mol. The molecule has 0 saturated carbocycles. The van der Waals surface area contributed by atoms with Crippen LogP contribution in [0.25, 0.3) is 0 Å². The van der Waals surface area contributed by atoms with Gasteiger partial charge in [-0.2, -0.15) is 0 Å². The highest BCUT2D eigenvalue weighted by Crippen LogP contribution is 2.38. The first-order valence-corrected chi connectivity index (χ1v) is 7.14. The number of ether oxygens (including phenoxy) is 2. The van der Waals surface area contributed by atoms with E-state index in [2.05, 4.69) is 31.3 Å². The summed E-state index contributed by atoms with van der Waals surface area (Å²) in [7, 11) is 3.48. The molecule has 1 heterocycles. The zero-order chi connectivity index (χ0) is 13.8. The van der Waals surface area contributed by atoms with Gasteiger partial charge in [-0.15, -0.1) is 0 Å². The lowest BCUT2D eigenvalue weighted by atomic mass is 9.94. The molecule has 1 N–H and O–H groups in total. The van der Waals surface area contributed by atoms with Crippen LogP contribution >= 0.6 is 0 Å². The van der Waals surface area contributed by atoms with E-state index in [0.29, 0.717) is 12.0 Å². The fourth-order valence-electron chi connectivity index (χ4n) is 2.95. The van der Waals surface area contributed by atoms with Crippen molar-refractivity contribution in [3.8, 4) is 11.5 Å². The Labute approximate surface area is 116 Å². The molecule has 1 fully saturated rings. The van der Waals surface area contributed by atoms with Crippen LogP contribution in [0.1, 0.15) is 43.7 Å². The minimum atomic E-state index is 0.390. The number of nitrogens with one attached hydrogen (secondary N) is 1. The minimum Gasteiger partial charge on any atom is -0.496 e. The summed E-state index contributed by atoms with van der Waals surface area (Å²) in [5, 5.41) is 3.55. The molecule has 2 rings (SSSR count). The molecule has 0 aromatic heterocycles. The maximum absolute atomic E-state index is 5.68. The van der Waals surface area contributed by atoms with Crippen LogP contribution in [0.15, 0.2) is 12.1 Å². The molecule has 1 aliphatic heterocycles. The predicted octanol–water partition coefficient (Wildman–Crippen LogP) is 3.12. The van der Waals surface area contributed by atoms with Crippen LogP contribution in [-0.4, -0.2) is 26.8 Å². The Bertz CT molecular complexity index is 423. The normalized spacial score (nSPS) is 18.9. The molecule has 0 aliphatic carbocycles. The Kier molecular flexibility index (Phi) is 4.70. The van der Waals surface area contributed by atoms with Crippen molar-refractivity contribution in [1.29, 1.82) is 0 Å². The first-order valence-electron chi connectivity index (χ1n) is 7.14. The van der Waals surface area contributed by atoms with Crippen LogP contribution < -0.4 is 14.8 Å². The van der Waals surface area contributed by atoms with E-state index in [4.69, 9.17) is 9.47 Å². The third-order valence-corrected chi connectivity index (χ3v) is 3.87. The molecule has 1 saturated heterocycles. The smallest absolute Gasteiger partial charge is 0.129 e. The number of benzene rings is 1. The fourth-order valence-corrected chi connectivity index (χ4v) is 2.95. The van der Waals surface area contributed by atoms with E-state index < -0.39 is 0 Å². The van der Waals surface area contributed by atoms with Crippen LogP contribution in [0.2, 0.25) is 0 Å². The van der Waals surface area contributed by atoms with Crippen LogP contribution in [0, 0.1) is 0 Å². The standard InChI is InChI=1S/C16H25NO2/c1-11(2)15-14(18-3)8-7-12(16(15)19-4)10-13-6-5-9-17-13/h7-8,11,13,17H,5-6,9-10H2,1-4H3. The molecule has 3 nitrogen and oxygen atoms in total. The molecule has 106 valence electrons. The largest absolute Gasteiger partial charge is 0.496 e. The average molecular weight is 263 g/mol. The quantitative estimate of drug-likeness (QED) is 0.885. The van der Waals surface area contributed by atoms with Crippen LogP contribution in [0.4, 0.5) is 0 Å². The van der Waals surface area contributed by atoms with Gasteiger partial charge in [-0.25, -0.2) is 0 Å². The molecule has 0 bridgehead atoms. The summed E-state index contributed by atoms with van der Waals surface area (Å²) in [4.78, 5) is 0. The number of hydrogen-bond acceptors (Lipinski definition) is 3. The summed E-state index contributed by atoms with van der Waals surface area (Å²) >= 11 is 0. The van der Waals surface area contributed by atoms with E-state index in [1.807, 2.05) is 0 Å². The van der Waals surface area contributed by atoms with Gasteiger partial charge >= 0.3 is 0 Å².